The molecule has 1 aromatic carbocycles. The van der Waals surface area contributed by atoms with E-state index in [0.717, 1.165) is 54.0 Å². The van der Waals surface area contributed by atoms with E-state index in [0.29, 0.717) is 38.3 Å². The van der Waals surface area contributed by atoms with E-state index in [1.807, 2.05) is 37.9 Å². The summed E-state index contributed by atoms with van der Waals surface area (Å²) in [6.45, 7) is 13.5. The number of hydrogen-bond donors (Lipinski definition) is 3. The van der Waals surface area contributed by atoms with Crippen LogP contribution in [0.3, 0.4) is 0 Å². The molecule has 3 amide bonds. The summed E-state index contributed by atoms with van der Waals surface area (Å²) in [7, 11) is 1.84. The minimum Gasteiger partial charge on any atom is -0.383 e. The number of nitrogens with one attached hydrogen (secondary N) is 2. The average molecular weight is 577 g/mol. The highest BCUT2D eigenvalue weighted by Gasteiger charge is 2.41. The molecule has 0 spiro atoms. The molecule has 4 aliphatic rings. The fraction of sp³-hybridized carbons (Fsp3) is 0.516. The van der Waals surface area contributed by atoms with Crippen LogP contribution in [0.15, 0.2) is 48.2 Å². The Morgan fingerprint density at radius 3 is 2.67 bits per heavy atom. The standard InChI is InChI=1S/C31H44N8O3/c1-6-27(40)37-10-8-7-9-25(18-37)38-29-20(2)13-23(17-36-12-11-35(5)28(41)19-36)16-26(29)34-31(38)39(32)30(42)24-14-21(3)33-22(4)15-24/h6,13-16,21,25,31,33-34H,1,7-12,17-19,32H2,2-5H3/t21?,25-,31?/m1/s1. The van der Waals surface area contributed by atoms with E-state index in [9.17, 15) is 14.4 Å². The van der Waals surface area contributed by atoms with Crippen molar-refractivity contribution in [1.82, 2.24) is 25.0 Å². The number of allylic oxidation sites excluding steroid dienone is 1. The number of hydrogen-bond acceptors (Lipinski definition) is 8. The van der Waals surface area contributed by atoms with Crippen molar-refractivity contribution in [2.45, 2.75) is 65.0 Å². The minimum atomic E-state index is -0.643. The van der Waals surface area contributed by atoms with Crippen LogP contribution in [0.4, 0.5) is 11.4 Å². The molecule has 2 saturated heterocycles. The largest absolute Gasteiger partial charge is 0.383 e. The number of likely N-dealkylation sites (tertiary alicyclic amines) is 1. The Morgan fingerprint density at radius 1 is 1.17 bits per heavy atom. The Bertz CT molecular complexity index is 1320. The Labute approximate surface area is 248 Å². The Hall–Kier alpha value is -3.83. The van der Waals surface area contributed by atoms with Crippen LogP contribution in [0.5, 0.6) is 0 Å². The molecule has 4 N–H and O–H groups in total. The van der Waals surface area contributed by atoms with E-state index >= 15 is 0 Å². The maximum Gasteiger partial charge on any atom is 0.271 e. The van der Waals surface area contributed by atoms with E-state index in [4.69, 9.17) is 5.84 Å². The van der Waals surface area contributed by atoms with Crippen LogP contribution in [0, 0.1) is 6.92 Å². The third-order valence-electron chi connectivity index (χ3n) is 8.64. The van der Waals surface area contributed by atoms with Crippen LogP contribution in [-0.2, 0) is 20.9 Å². The minimum absolute atomic E-state index is 0.0128. The molecule has 2 fully saturated rings. The van der Waals surface area contributed by atoms with E-state index in [1.165, 1.54) is 11.1 Å². The summed E-state index contributed by atoms with van der Waals surface area (Å²) in [5.41, 5.74) is 5.47. The highest BCUT2D eigenvalue weighted by molar-refractivity contribution is 5.97. The van der Waals surface area contributed by atoms with Gasteiger partial charge in [-0.1, -0.05) is 12.6 Å². The maximum atomic E-state index is 13.8. The predicted molar refractivity (Wildman–Crippen MR) is 164 cm³/mol. The molecule has 11 nitrogen and oxygen atoms in total. The summed E-state index contributed by atoms with van der Waals surface area (Å²) in [5, 5.41) is 8.15. The molecule has 2 unspecified atom stereocenters. The van der Waals surface area contributed by atoms with E-state index < -0.39 is 6.29 Å². The van der Waals surface area contributed by atoms with Gasteiger partial charge in [-0.05, 0) is 75.5 Å². The fourth-order valence-electron chi connectivity index (χ4n) is 6.58. The SMILES string of the molecule is C=CC(=O)N1CCCC[C@@H](N2c3c(C)cc(CN4CCN(C)C(=O)C4)cc3NC2N(N)C(=O)C2=CC(C)NC(C)=C2)C1. The zero-order chi connectivity index (χ0) is 30.1. The van der Waals surface area contributed by atoms with Crippen LogP contribution >= 0.6 is 0 Å². The lowest BCUT2D eigenvalue weighted by Gasteiger charge is -2.40. The zero-order valence-electron chi connectivity index (χ0n) is 25.2. The second-order valence-corrected chi connectivity index (χ2v) is 12.0. The van der Waals surface area contributed by atoms with Gasteiger partial charge in [-0.3, -0.25) is 19.3 Å². The lowest BCUT2D eigenvalue weighted by molar-refractivity contribution is -0.134. The van der Waals surface area contributed by atoms with Crippen molar-refractivity contribution < 1.29 is 14.4 Å². The number of carbonyl (C=O) groups excluding carboxylic acids is 3. The molecule has 226 valence electrons. The number of aryl methyl sites for hydroxylation is 1. The Balaban J connectivity index is 1.48. The summed E-state index contributed by atoms with van der Waals surface area (Å²) in [5.74, 6) is 6.45. The molecule has 1 aromatic rings. The smallest absolute Gasteiger partial charge is 0.271 e. The summed E-state index contributed by atoms with van der Waals surface area (Å²) >= 11 is 0. The highest BCUT2D eigenvalue weighted by atomic mass is 16.2. The molecule has 4 aliphatic heterocycles. The molecule has 5 rings (SSSR count). The van der Waals surface area contributed by atoms with Crippen molar-refractivity contribution in [3.05, 3.63) is 59.3 Å². The molecule has 0 radical (unpaired) electrons. The lowest BCUT2D eigenvalue weighted by Crippen LogP contribution is -2.60. The van der Waals surface area contributed by atoms with Crippen molar-refractivity contribution in [1.29, 1.82) is 0 Å². The Morgan fingerprint density at radius 2 is 1.95 bits per heavy atom. The Kier molecular flexibility index (Phi) is 8.60. The molecule has 4 heterocycles. The van der Waals surface area contributed by atoms with Crippen molar-refractivity contribution in [3.8, 4) is 0 Å². The summed E-state index contributed by atoms with van der Waals surface area (Å²) in [6, 6.07) is 4.22. The van der Waals surface area contributed by atoms with Crippen molar-refractivity contribution in [2.75, 3.05) is 50.0 Å². The van der Waals surface area contributed by atoms with Gasteiger partial charge < -0.3 is 25.3 Å². The van der Waals surface area contributed by atoms with E-state index in [-0.39, 0.29) is 29.8 Å². The predicted octanol–water partition coefficient (Wildman–Crippen LogP) is 1.88. The second-order valence-electron chi connectivity index (χ2n) is 12.0. The third-order valence-corrected chi connectivity index (χ3v) is 8.64. The van der Waals surface area contributed by atoms with Crippen molar-refractivity contribution in [2.24, 2.45) is 5.84 Å². The average Bonchev–Trinajstić information content (AvgIpc) is 3.16. The topological polar surface area (TPSA) is 117 Å². The van der Waals surface area contributed by atoms with Gasteiger partial charge in [0.1, 0.15) is 0 Å². The number of benzene rings is 1. The molecule has 42 heavy (non-hydrogen) atoms. The number of carbonyl (C=O) groups is 3. The summed E-state index contributed by atoms with van der Waals surface area (Å²) in [6.07, 6.45) is 7.15. The van der Waals surface area contributed by atoms with Crippen LogP contribution in [0.1, 0.15) is 44.2 Å². The number of dihydropyridines is 1. The number of fused-ring (bicyclic) bond motifs is 1. The number of rotatable bonds is 6. The number of anilines is 2. The van der Waals surface area contributed by atoms with Gasteiger partial charge in [-0.2, -0.15) is 0 Å². The van der Waals surface area contributed by atoms with Gasteiger partial charge in [0.15, 0.2) is 6.29 Å². The van der Waals surface area contributed by atoms with Crippen molar-refractivity contribution >= 4 is 29.1 Å². The summed E-state index contributed by atoms with van der Waals surface area (Å²) in [4.78, 5) is 46.8. The van der Waals surface area contributed by atoms with Crippen LogP contribution in [-0.4, -0.2) is 95.6 Å². The molecule has 0 bridgehead atoms. The third kappa shape index (κ3) is 6.03. The molecule has 3 atom stereocenters. The van der Waals surface area contributed by atoms with Gasteiger partial charge in [0.25, 0.3) is 5.91 Å². The molecular weight excluding hydrogens is 532 g/mol. The second kappa shape index (κ2) is 12.2. The fourth-order valence-corrected chi connectivity index (χ4v) is 6.58. The highest BCUT2D eigenvalue weighted by Crippen LogP contribution is 2.42. The van der Waals surface area contributed by atoms with Crippen LogP contribution in [0.25, 0.3) is 0 Å². The van der Waals surface area contributed by atoms with E-state index in [1.54, 1.807) is 4.90 Å². The normalized spacial score (nSPS) is 24.6. The first kappa shape index (κ1) is 29.7. The van der Waals surface area contributed by atoms with Crippen molar-refractivity contribution in [3.63, 3.8) is 0 Å². The van der Waals surface area contributed by atoms with Gasteiger partial charge >= 0.3 is 0 Å². The monoisotopic (exact) mass is 576 g/mol. The van der Waals surface area contributed by atoms with Crippen LogP contribution < -0.4 is 21.4 Å². The quantitative estimate of drug-likeness (QED) is 0.203. The molecular formula is C31H44N8O3. The molecule has 11 heteroatoms. The molecule has 0 aliphatic carbocycles. The number of nitrogens with two attached hydrogens (primary N) is 1. The number of piperazine rings is 1. The first-order valence-electron chi connectivity index (χ1n) is 14.9. The first-order valence-corrected chi connectivity index (χ1v) is 14.9. The number of likely N-dealkylation sites (N-methyl/N-ethyl adjacent to an activating group) is 1. The van der Waals surface area contributed by atoms with Gasteiger partial charge in [-0.15, -0.1) is 0 Å². The number of nitrogens with zero attached hydrogens (tertiary/aromatic N) is 5. The summed E-state index contributed by atoms with van der Waals surface area (Å²) < 4.78 is 0. The molecule has 0 aromatic heterocycles. The van der Waals surface area contributed by atoms with Crippen LogP contribution in [0.2, 0.25) is 0 Å². The van der Waals surface area contributed by atoms with Gasteiger partial charge in [-0.25, -0.2) is 10.9 Å². The van der Waals surface area contributed by atoms with Gasteiger partial charge in [0.05, 0.1) is 24.0 Å². The number of amides is 3. The van der Waals surface area contributed by atoms with E-state index in [2.05, 4.69) is 46.1 Å². The molecule has 0 saturated carbocycles. The lowest BCUT2D eigenvalue weighted by atomic mass is 10.0. The number of hydrazine groups is 1. The van der Waals surface area contributed by atoms with Gasteiger partial charge in [0, 0.05) is 57.1 Å². The van der Waals surface area contributed by atoms with Gasteiger partial charge in [0.2, 0.25) is 11.8 Å². The zero-order valence-corrected chi connectivity index (χ0v) is 25.2. The first-order chi connectivity index (χ1) is 20.0. The maximum absolute atomic E-state index is 13.8.